The average Bonchev–Trinajstić information content (AvgIpc) is 2.82. The van der Waals surface area contributed by atoms with Crippen molar-refractivity contribution in [3.8, 4) is 0 Å². The minimum atomic E-state index is -3.65. The normalized spacial score (nSPS) is 14.8. The van der Waals surface area contributed by atoms with Crippen LogP contribution in [0, 0.1) is 5.92 Å². The SMILES string of the molecule is CC(C)(O)CNC(=O)c1cccc(NS(=O)(=O)CC2CN(C(c3ccc(Cl)cc3)c3ccc(Cl)cc3)C2)c1. The summed E-state index contributed by atoms with van der Waals surface area (Å²) < 4.78 is 28.5. The van der Waals surface area contributed by atoms with Crippen molar-refractivity contribution >= 4 is 44.8 Å². The van der Waals surface area contributed by atoms with Crippen LogP contribution in [-0.2, 0) is 10.0 Å². The Balaban J connectivity index is 1.39. The van der Waals surface area contributed by atoms with E-state index in [1.54, 1.807) is 32.0 Å². The Morgan fingerprint density at radius 2 is 1.55 bits per heavy atom. The highest BCUT2D eigenvalue weighted by Crippen LogP contribution is 2.35. The van der Waals surface area contributed by atoms with E-state index in [0.717, 1.165) is 11.1 Å². The van der Waals surface area contributed by atoms with E-state index in [1.165, 1.54) is 6.07 Å². The number of hydrogen-bond acceptors (Lipinski definition) is 5. The lowest BCUT2D eigenvalue weighted by atomic mass is 9.91. The standard InChI is InChI=1S/C28H31Cl2N3O4S/c1-28(2,35)18-31-27(34)22-4-3-5-25(14-22)32-38(36,37)17-19-15-33(16-19)26(20-6-10-23(29)11-7-20)21-8-12-24(30)13-9-21/h3-14,19,26,32,35H,15-18H2,1-2H3,(H,31,34). The fourth-order valence-electron chi connectivity index (χ4n) is 4.48. The van der Waals surface area contributed by atoms with Crippen LogP contribution >= 0.6 is 23.2 Å². The molecule has 1 aliphatic rings. The number of aliphatic hydroxyl groups is 1. The van der Waals surface area contributed by atoms with E-state index in [-0.39, 0.29) is 24.3 Å². The number of likely N-dealkylation sites (tertiary alicyclic amines) is 1. The van der Waals surface area contributed by atoms with Crippen molar-refractivity contribution in [2.45, 2.75) is 25.5 Å². The number of nitrogens with one attached hydrogen (secondary N) is 2. The summed E-state index contributed by atoms with van der Waals surface area (Å²) in [4.78, 5) is 14.6. The molecule has 0 aliphatic carbocycles. The largest absolute Gasteiger partial charge is 0.389 e. The second-order valence-electron chi connectivity index (χ2n) is 10.3. The molecule has 3 aromatic carbocycles. The van der Waals surface area contributed by atoms with Gasteiger partial charge in [0, 0.05) is 46.8 Å². The number of hydrogen-bond donors (Lipinski definition) is 3. The number of nitrogens with zero attached hydrogens (tertiary/aromatic N) is 1. The summed E-state index contributed by atoms with van der Waals surface area (Å²) in [5, 5.41) is 13.8. The zero-order chi connectivity index (χ0) is 27.5. The molecule has 1 aliphatic heterocycles. The van der Waals surface area contributed by atoms with Crippen molar-refractivity contribution in [3.63, 3.8) is 0 Å². The summed E-state index contributed by atoms with van der Waals surface area (Å²) in [6.45, 7) is 4.47. The summed E-state index contributed by atoms with van der Waals surface area (Å²) >= 11 is 12.2. The van der Waals surface area contributed by atoms with Crippen LogP contribution in [0.25, 0.3) is 0 Å². The first-order chi connectivity index (χ1) is 17.9. The van der Waals surface area contributed by atoms with Gasteiger partial charge in [-0.3, -0.25) is 14.4 Å². The molecule has 38 heavy (non-hydrogen) atoms. The van der Waals surface area contributed by atoms with Gasteiger partial charge in [-0.2, -0.15) is 0 Å². The number of rotatable bonds is 10. The third-order valence-corrected chi connectivity index (χ3v) is 8.22. The lowest BCUT2D eigenvalue weighted by Crippen LogP contribution is -2.51. The quantitative estimate of drug-likeness (QED) is 0.317. The first-order valence-corrected chi connectivity index (χ1v) is 14.7. The van der Waals surface area contributed by atoms with Gasteiger partial charge in [0.1, 0.15) is 0 Å². The average molecular weight is 577 g/mol. The van der Waals surface area contributed by atoms with Gasteiger partial charge in [-0.25, -0.2) is 8.42 Å². The molecular formula is C28H31Cl2N3O4S. The summed E-state index contributed by atoms with van der Waals surface area (Å²) in [6, 6.07) is 21.6. The predicted molar refractivity (Wildman–Crippen MR) is 152 cm³/mol. The Kier molecular flexibility index (Phi) is 8.69. The number of amides is 1. The number of carbonyl (C=O) groups is 1. The van der Waals surface area contributed by atoms with Crippen LogP contribution in [-0.4, -0.2) is 55.3 Å². The van der Waals surface area contributed by atoms with Crippen LogP contribution in [0.3, 0.4) is 0 Å². The maximum atomic E-state index is 12.9. The Morgan fingerprint density at radius 1 is 1.00 bits per heavy atom. The monoisotopic (exact) mass is 575 g/mol. The minimum absolute atomic E-state index is 0.0351. The van der Waals surface area contributed by atoms with Crippen molar-refractivity contribution in [2.75, 3.05) is 30.1 Å². The summed E-state index contributed by atoms with van der Waals surface area (Å²) in [5.74, 6) is -0.474. The number of benzene rings is 3. The fraction of sp³-hybridized carbons (Fsp3) is 0.321. The van der Waals surface area contributed by atoms with E-state index >= 15 is 0 Å². The number of carbonyl (C=O) groups excluding carboxylic acids is 1. The maximum absolute atomic E-state index is 12.9. The van der Waals surface area contributed by atoms with Crippen molar-refractivity contribution in [2.24, 2.45) is 5.92 Å². The summed E-state index contributed by atoms with van der Waals surface area (Å²) in [5.41, 5.74) is 1.70. The molecular weight excluding hydrogens is 545 g/mol. The van der Waals surface area contributed by atoms with E-state index in [0.29, 0.717) is 34.4 Å². The molecule has 0 unspecified atom stereocenters. The smallest absolute Gasteiger partial charge is 0.251 e. The van der Waals surface area contributed by atoms with Crippen molar-refractivity contribution < 1.29 is 18.3 Å². The van der Waals surface area contributed by atoms with Gasteiger partial charge in [-0.15, -0.1) is 0 Å². The molecule has 0 aromatic heterocycles. The van der Waals surface area contributed by atoms with Crippen LogP contribution < -0.4 is 10.0 Å². The van der Waals surface area contributed by atoms with Gasteiger partial charge in [-0.1, -0.05) is 53.5 Å². The summed E-state index contributed by atoms with van der Waals surface area (Å²) in [6.07, 6.45) is 0. The van der Waals surface area contributed by atoms with Crippen LogP contribution in [0.15, 0.2) is 72.8 Å². The molecule has 0 saturated carbocycles. The van der Waals surface area contributed by atoms with E-state index in [1.807, 2.05) is 48.5 Å². The first kappa shape index (κ1) is 28.4. The van der Waals surface area contributed by atoms with Crippen LogP contribution in [0.1, 0.15) is 41.4 Å². The Labute approximate surface area is 233 Å². The molecule has 1 saturated heterocycles. The summed E-state index contributed by atoms with van der Waals surface area (Å²) in [7, 11) is -3.65. The lowest BCUT2D eigenvalue weighted by molar-refractivity contribution is 0.0694. The number of sulfonamides is 1. The fourth-order valence-corrected chi connectivity index (χ4v) is 6.14. The molecule has 7 nitrogen and oxygen atoms in total. The van der Waals surface area contributed by atoms with Crippen molar-refractivity contribution in [3.05, 3.63) is 99.5 Å². The molecule has 202 valence electrons. The zero-order valence-corrected chi connectivity index (χ0v) is 23.5. The van der Waals surface area contributed by atoms with Gasteiger partial charge in [-0.05, 0) is 67.4 Å². The van der Waals surface area contributed by atoms with Gasteiger partial charge in [0.25, 0.3) is 5.91 Å². The van der Waals surface area contributed by atoms with Crippen molar-refractivity contribution in [1.82, 2.24) is 10.2 Å². The second-order valence-corrected chi connectivity index (χ2v) is 12.9. The van der Waals surface area contributed by atoms with E-state index in [2.05, 4.69) is 14.9 Å². The number of anilines is 1. The van der Waals surface area contributed by atoms with E-state index < -0.39 is 21.5 Å². The van der Waals surface area contributed by atoms with Gasteiger partial charge in [0.05, 0.1) is 17.4 Å². The lowest BCUT2D eigenvalue weighted by Gasteiger charge is -2.44. The van der Waals surface area contributed by atoms with Gasteiger partial charge < -0.3 is 10.4 Å². The second kappa shape index (κ2) is 11.6. The van der Waals surface area contributed by atoms with E-state index in [4.69, 9.17) is 23.2 Å². The topological polar surface area (TPSA) is 98.7 Å². The molecule has 1 fully saturated rings. The molecule has 0 radical (unpaired) electrons. The minimum Gasteiger partial charge on any atom is -0.389 e. The third-order valence-electron chi connectivity index (χ3n) is 6.26. The highest BCUT2D eigenvalue weighted by atomic mass is 35.5. The molecule has 0 spiro atoms. The van der Waals surface area contributed by atoms with Crippen LogP contribution in [0.4, 0.5) is 5.69 Å². The molecule has 10 heteroatoms. The molecule has 3 aromatic rings. The third kappa shape index (κ3) is 7.71. The Bertz CT molecular complexity index is 1320. The zero-order valence-electron chi connectivity index (χ0n) is 21.2. The van der Waals surface area contributed by atoms with Crippen LogP contribution in [0.5, 0.6) is 0 Å². The molecule has 3 N–H and O–H groups in total. The molecule has 0 atom stereocenters. The predicted octanol–water partition coefficient (Wildman–Crippen LogP) is 4.96. The van der Waals surface area contributed by atoms with Gasteiger partial charge in [0.15, 0.2) is 0 Å². The molecule has 1 amide bonds. The van der Waals surface area contributed by atoms with Crippen molar-refractivity contribution in [1.29, 1.82) is 0 Å². The first-order valence-electron chi connectivity index (χ1n) is 12.2. The Hall–Kier alpha value is -2.62. The molecule has 4 rings (SSSR count). The van der Waals surface area contributed by atoms with Crippen LogP contribution in [0.2, 0.25) is 10.0 Å². The molecule has 1 heterocycles. The Morgan fingerprint density at radius 3 is 2.08 bits per heavy atom. The maximum Gasteiger partial charge on any atom is 0.251 e. The van der Waals surface area contributed by atoms with E-state index in [9.17, 15) is 18.3 Å². The highest BCUT2D eigenvalue weighted by molar-refractivity contribution is 7.92. The number of halogens is 2. The molecule has 0 bridgehead atoms. The highest BCUT2D eigenvalue weighted by Gasteiger charge is 2.36. The van der Waals surface area contributed by atoms with Gasteiger partial charge in [0.2, 0.25) is 10.0 Å². The van der Waals surface area contributed by atoms with Gasteiger partial charge >= 0.3 is 0 Å².